The minimum absolute atomic E-state index is 0.0161. The number of likely N-dealkylation sites (N-methyl/N-ethyl adjacent to an activating group) is 1. The predicted octanol–water partition coefficient (Wildman–Crippen LogP) is 6.23. The van der Waals surface area contributed by atoms with Crippen molar-refractivity contribution in [2.75, 3.05) is 34.4 Å². The highest BCUT2D eigenvalue weighted by atomic mass is 19.1. The van der Waals surface area contributed by atoms with Gasteiger partial charge in [0.25, 0.3) is 0 Å². The molecular formula is C40H64FN3O6. The van der Waals surface area contributed by atoms with Crippen molar-refractivity contribution in [3.8, 4) is 0 Å². The first-order valence-electron chi connectivity index (χ1n) is 18.9. The standard InChI is InChI=1S/C40H64FN3O6/c1-9-28(4)36(43(6)39(48)31(27(2)3)25-34(45)40(41)21-14-15-22-40)33(49-7)26-35(46)44-24-16-19-32(44)37(50-8)29(5)38(47)42-23-20-30-17-12-10-11-13-18-30/h10-13,17-18,27-33,36-37H,9,14-16,19-26H2,1-8H3,(H,42,47)/t28-,29+,31-,32-,33+,36-,37+/m0/s1. The molecule has 0 unspecified atom stereocenters. The van der Waals surface area contributed by atoms with Crippen molar-refractivity contribution in [2.24, 2.45) is 29.6 Å². The lowest BCUT2D eigenvalue weighted by molar-refractivity contribution is -0.149. The number of carbonyl (C=O) groups excluding carboxylic acids is 4. The van der Waals surface area contributed by atoms with E-state index in [2.05, 4.69) is 17.5 Å². The first kappa shape index (κ1) is 41.6. The van der Waals surface area contributed by atoms with Gasteiger partial charge in [0.2, 0.25) is 17.7 Å². The Morgan fingerprint density at radius 1 is 0.960 bits per heavy atom. The molecule has 9 nitrogen and oxygen atoms in total. The molecule has 2 aliphatic carbocycles. The highest BCUT2D eigenvalue weighted by Gasteiger charge is 2.45. The molecule has 0 spiro atoms. The molecule has 2 fully saturated rings. The summed E-state index contributed by atoms with van der Waals surface area (Å²) in [4.78, 5) is 58.0. The zero-order chi connectivity index (χ0) is 37.0. The number of methoxy groups -OCH3 is 2. The van der Waals surface area contributed by atoms with Gasteiger partial charge in [0.1, 0.15) is 0 Å². The maximum Gasteiger partial charge on any atom is 0.226 e. The highest BCUT2D eigenvalue weighted by Crippen LogP contribution is 2.37. The Morgan fingerprint density at radius 2 is 1.60 bits per heavy atom. The fraction of sp³-hybridized carbons (Fsp3) is 0.750. The number of ketones is 1. The van der Waals surface area contributed by atoms with E-state index in [-0.39, 0.29) is 67.2 Å². The molecule has 3 amide bonds. The van der Waals surface area contributed by atoms with Gasteiger partial charge < -0.3 is 24.6 Å². The van der Waals surface area contributed by atoms with E-state index in [9.17, 15) is 19.2 Å². The third-order valence-corrected chi connectivity index (χ3v) is 11.5. The molecule has 0 radical (unpaired) electrons. The molecule has 0 aromatic carbocycles. The quantitative estimate of drug-likeness (QED) is 0.171. The zero-order valence-corrected chi connectivity index (χ0v) is 31.9. The average molecular weight is 702 g/mol. The maximum atomic E-state index is 15.4. The van der Waals surface area contributed by atoms with Crippen LogP contribution in [0.1, 0.15) is 98.8 Å². The normalized spacial score (nSPS) is 22.5. The van der Waals surface area contributed by atoms with E-state index in [0.717, 1.165) is 25.7 Å². The Morgan fingerprint density at radius 3 is 2.16 bits per heavy atom. The van der Waals surface area contributed by atoms with Crippen LogP contribution in [0.5, 0.6) is 0 Å². The van der Waals surface area contributed by atoms with Crippen LogP contribution in [0.2, 0.25) is 0 Å². The van der Waals surface area contributed by atoms with Crippen molar-refractivity contribution in [3.05, 3.63) is 36.5 Å². The molecule has 0 aromatic heterocycles. The number of nitrogens with one attached hydrogen (secondary N) is 1. The van der Waals surface area contributed by atoms with Gasteiger partial charge in [-0.2, -0.15) is 0 Å². The molecule has 50 heavy (non-hydrogen) atoms. The van der Waals surface area contributed by atoms with Gasteiger partial charge in [-0.3, -0.25) is 19.2 Å². The van der Waals surface area contributed by atoms with E-state index < -0.39 is 41.5 Å². The van der Waals surface area contributed by atoms with Crippen LogP contribution in [0.3, 0.4) is 0 Å². The Balaban J connectivity index is 1.70. The number of ether oxygens (including phenoxy) is 2. The van der Waals surface area contributed by atoms with Gasteiger partial charge in [0.05, 0.1) is 36.6 Å². The van der Waals surface area contributed by atoms with Crippen molar-refractivity contribution in [3.63, 3.8) is 0 Å². The molecule has 0 bridgehead atoms. The number of amides is 3. The highest BCUT2D eigenvalue weighted by molar-refractivity contribution is 5.92. The number of likely N-dealkylation sites (tertiary alicyclic amines) is 1. The van der Waals surface area contributed by atoms with E-state index in [4.69, 9.17) is 9.47 Å². The first-order chi connectivity index (χ1) is 23.8. The van der Waals surface area contributed by atoms with Crippen molar-refractivity contribution in [2.45, 2.75) is 129 Å². The third kappa shape index (κ3) is 10.6. The van der Waals surface area contributed by atoms with Crippen molar-refractivity contribution < 1.29 is 33.0 Å². The lowest BCUT2D eigenvalue weighted by atomic mass is 9.83. The number of allylic oxidation sites excluding steroid dienone is 6. The molecule has 1 aliphatic heterocycles. The number of carbonyl (C=O) groups is 4. The average Bonchev–Trinajstić information content (AvgIpc) is 3.69. The number of rotatable bonds is 19. The second-order valence-electron chi connectivity index (χ2n) is 15.1. The first-order valence-corrected chi connectivity index (χ1v) is 18.9. The Labute approximate surface area is 300 Å². The number of hydrogen-bond acceptors (Lipinski definition) is 6. The van der Waals surface area contributed by atoms with Gasteiger partial charge in [-0.15, -0.1) is 0 Å². The minimum Gasteiger partial charge on any atom is -0.379 e. The summed E-state index contributed by atoms with van der Waals surface area (Å²) in [5.41, 5.74) is -1.84. The fourth-order valence-corrected chi connectivity index (χ4v) is 8.09. The molecule has 10 heteroatoms. The molecule has 1 saturated carbocycles. The Hall–Kier alpha value is -2.85. The maximum absolute atomic E-state index is 15.4. The molecule has 0 aromatic rings. The largest absolute Gasteiger partial charge is 0.379 e. The van der Waals surface area contributed by atoms with Gasteiger partial charge in [0, 0.05) is 46.7 Å². The number of alkyl halides is 1. The van der Waals surface area contributed by atoms with Crippen molar-refractivity contribution in [1.82, 2.24) is 15.1 Å². The lowest BCUT2D eigenvalue weighted by Crippen LogP contribution is -2.54. The summed E-state index contributed by atoms with van der Waals surface area (Å²) >= 11 is 0. The second-order valence-corrected chi connectivity index (χ2v) is 15.1. The zero-order valence-electron chi connectivity index (χ0n) is 31.9. The van der Waals surface area contributed by atoms with Crippen molar-refractivity contribution >= 4 is 23.5 Å². The van der Waals surface area contributed by atoms with E-state index >= 15 is 4.39 Å². The number of nitrogens with zero attached hydrogens (tertiary/aromatic N) is 2. The fourth-order valence-electron chi connectivity index (χ4n) is 8.09. The van der Waals surface area contributed by atoms with Crippen molar-refractivity contribution in [1.29, 1.82) is 0 Å². The van der Waals surface area contributed by atoms with Crippen LogP contribution in [0, 0.1) is 29.6 Å². The number of hydrogen-bond donors (Lipinski definition) is 1. The molecule has 3 rings (SSSR count). The molecule has 1 heterocycles. The van der Waals surface area contributed by atoms with Crippen LogP contribution < -0.4 is 5.32 Å². The summed E-state index contributed by atoms with van der Waals surface area (Å²) in [6.45, 7) is 10.8. The molecule has 1 N–H and O–H groups in total. The number of Topliss-reactive ketones (excluding diaryl/α,β-unsaturated/α-hetero) is 1. The van der Waals surface area contributed by atoms with Crippen LogP contribution in [0.25, 0.3) is 0 Å². The number of halogens is 1. The molecule has 7 atom stereocenters. The van der Waals surface area contributed by atoms with Crippen LogP contribution in [-0.2, 0) is 28.7 Å². The molecular weight excluding hydrogens is 637 g/mol. The smallest absolute Gasteiger partial charge is 0.226 e. The Kier molecular flexibility index (Phi) is 16.4. The summed E-state index contributed by atoms with van der Waals surface area (Å²) in [6.07, 6.45) is 15.9. The summed E-state index contributed by atoms with van der Waals surface area (Å²) in [7, 11) is 4.87. The van der Waals surface area contributed by atoms with Gasteiger partial charge in [0.15, 0.2) is 11.5 Å². The molecule has 282 valence electrons. The summed E-state index contributed by atoms with van der Waals surface area (Å²) in [5, 5.41) is 3.07. The Bertz CT molecular complexity index is 1210. The van der Waals surface area contributed by atoms with Gasteiger partial charge in [-0.25, -0.2) is 4.39 Å². The van der Waals surface area contributed by atoms with E-state index in [1.165, 1.54) is 0 Å². The summed E-state index contributed by atoms with van der Waals surface area (Å²) in [6, 6.07) is -0.715. The summed E-state index contributed by atoms with van der Waals surface area (Å²) in [5.74, 6) is -1.99. The van der Waals surface area contributed by atoms with Gasteiger partial charge in [-0.05, 0) is 62.7 Å². The minimum atomic E-state index is -1.84. The predicted molar refractivity (Wildman–Crippen MR) is 195 cm³/mol. The van der Waals surface area contributed by atoms with Crippen LogP contribution >= 0.6 is 0 Å². The van der Waals surface area contributed by atoms with Gasteiger partial charge in [-0.1, -0.05) is 77.5 Å². The van der Waals surface area contributed by atoms with Crippen LogP contribution in [0.15, 0.2) is 36.5 Å². The SMILES string of the molecule is CC[C@H](C)[C@@H]([C@@H](CC(=O)N1CCC[C@H]1[C@H](OC)[C@@H](C)C(=O)NCCC1C=CC=CC=C1)OC)N(C)C(=O)[C@@H](CC(=O)C1(F)CCCC1)C(C)C. The van der Waals surface area contributed by atoms with E-state index in [0.29, 0.717) is 25.9 Å². The third-order valence-electron chi connectivity index (χ3n) is 11.5. The van der Waals surface area contributed by atoms with Crippen LogP contribution in [-0.4, -0.2) is 97.6 Å². The lowest BCUT2D eigenvalue weighted by Gasteiger charge is -2.41. The van der Waals surface area contributed by atoms with Crippen LogP contribution in [0.4, 0.5) is 4.39 Å². The van der Waals surface area contributed by atoms with E-state index in [1.54, 1.807) is 26.2 Å². The summed E-state index contributed by atoms with van der Waals surface area (Å²) < 4.78 is 27.3. The molecule has 3 aliphatic rings. The van der Waals surface area contributed by atoms with Gasteiger partial charge >= 0.3 is 0 Å². The monoisotopic (exact) mass is 701 g/mol. The molecule has 1 saturated heterocycles. The topological polar surface area (TPSA) is 105 Å². The van der Waals surface area contributed by atoms with E-state index in [1.807, 2.05) is 63.8 Å². The second kappa shape index (κ2) is 19.7.